The molecule has 0 bridgehead atoms. The lowest BCUT2D eigenvalue weighted by atomic mass is 10.3. The van der Waals surface area contributed by atoms with Crippen LogP contribution in [-0.2, 0) is 14.6 Å². The van der Waals surface area contributed by atoms with E-state index >= 15 is 0 Å². The SMILES string of the molecule is CS(=O)(=O)c1cccc(N2CCC(OC(N)=O)C2)c1. The first-order chi connectivity index (χ1) is 8.86. The van der Waals surface area contributed by atoms with E-state index in [1.165, 1.54) is 6.26 Å². The number of nitrogens with zero attached hydrogens (tertiary/aromatic N) is 1. The third-order valence-electron chi connectivity index (χ3n) is 3.04. The van der Waals surface area contributed by atoms with E-state index in [0.29, 0.717) is 19.5 Å². The van der Waals surface area contributed by atoms with Crippen LogP contribution < -0.4 is 10.6 Å². The Kier molecular flexibility index (Phi) is 3.66. The van der Waals surface area contributed by atoms with Gasteiger partial charge in [-0.25, -0.2) is 13.2 Å². The number of carbonyl (C=O) groups excluding carboxylic acids is 1. The molecular weight excluding hydrogens is 268 g/mol. The van der Waals surface area contributed by atoms with Crippen LogP contribution in [0.25, 0.3) is 0 Å². The molecular formula is C12H16N2O4S. The number of hydrogen-bond acceptors (Lipinski definition) is 5. The Morgan fingerprint density at radius 2 is 2.21 bits per heavy atom. The van der Waals surface area contributed by atoms with Crippen LogP contribution in [-0.4, -0.2) is 40.0 Å². The third kappa shape index (κ3) is 3.37. The summed E-state index contributed by atoms with van der Waals surface area (Å²) in [6.07, 6.45) is 0.845. The van der Waals surface area contributed by atoms with Crippen molar-refractivity contribution in [2.45, 2.75) is 17.4 Å². The normalized spacial score (nSPS) is 19.4. The lowest BCUT2D eigenvalue weighted by molar-refractivity contribution is 0.117. The van der Waals surface area contributed by atoms with Crippen molar-refractivity contribution in [2.75, 3.05) is 24.2 Å². The maximum atomic E-state index is 11.5. The third-order valence-corrected chi connectivity index (χ3v) is 4.15. The molecule has 1 aliphatic rings. The molecule has 1 aromatic rings. The van der Waals surface area contributed by atoms with Gasteiger partial charge in [-0.2, -0.15) is 0 Å². The molecule has 1 fully saturated rings. The summed E-state index contributed by atoms with van der Waals surface area (Å²) in [7, 11) is -3.22. The Bertz CT molecular complexity index is 585. The molecule has 1 saturated heterocycles. The summed E-state index contributed by atoms with van der Waals surface area (Å²) in [6.45, 7) is 1.22. The molecule has 2 rings (SSSR count). The number of anilines is 1. The van der Waals surface area contributed by atoms with E-state index in [2.05, 4.69) is 0 Å². The van der Waals surface area contributed by atoms with Crippen LogP contribution in [0.1, 0.15) is 6.42 Å². The van der Waals surface area contributed by atoms with Crippen molar-refractivity contribution in [1.82, 2.24) is 0 Å². The molecule has 0 spiro atoms. The fraction of sp³-hybridized carbons (Fsp3) is 0.417. The van der Waals surface area contributed by atoms with Crippen LogP contribution in [0.5, 0.6) is 0 Å². The summed E-state index contributed by atoms with van der Waals surface area (Å²) in [6, 6.07) is 6.73. The van der Waals surface area contributed by atoms with Crippen LogP contribution in [0.3, 0.4) is 0 Å². The van der Waals surface area contributed by atoms with Crippen molar-refractivity contribution >= 4 is 21.6 Å². The van der Waals surface area contributed by atoms with Crippen LogP contribution in [0.2, 0.25) is 0 Å². The average molecular weight is 284 g/mol. The average Bonchev–Trinajstić information content (AvgIpc) is 2.76. The van der Waals surface area contributed by atoms with E-state index in [9.17, 15) is 13.2 Å². The zero-order valence-electron chi connectivity index (χ0n) is 10.6. The second-order valence-corrected chi connectivity index (χ2v) is 6.58. The van der Waals surface area contributed by atoms with Gasteiger partial charge in [0.15, 0.2) is 9.84 Å². The minimum atomic E-state index is -3.22. The van der Waals surface area contributed by atoms with Gasteiger partial charge in [-0.1, -0.05) is 6.07 Å². The highest BCUT2D eigenvalue weighted by molar-refractivity contribution is 7.90. The number of nitrogens with two attached hydrogens (primary N) is 1. The second-order valence-electron chi connectivity index (χ2n) is 4.56. The molecule has 1 atom stereocenters. The zero-order valence-corrected chi connectivity index (χ0v) is 11.4. The number of hydrogen-bond donors (Lipinski definition) is 1. The lowest BCUT2D eigenvalue weighted by Crippen LogP contribution is -2.27. The van der Waals surface area contributed by atoms with Crippen LogP contribution in [0.4, 0.5) is 10.5 Å². The van der Waals surface area contributed by atoms with Crippen molar-refractivity contribution in [1.29, 1.82) is 0 Å². The number of carbonyl (C=O) groups is 1. The van der Waals surface area contributed by atoms with Gasteiger partial charge in [0, 0.05) is 24.9 Å². The first-order valence-electron chi connectivity index (χ1n) is 5.87. The second kappa shape index (κ2) is 5.08. The summed E-state index contributed by atoms with van der Waals surface area (Å²) < 4.78 is 28.0. The van der Waals surface area contributed by atoms with Gasteiger partial charge in [-0.3, -0.25) is 0 Å². The van der Waals surface area contributed by atoms with E-state index < -0.39 is 15.9 Å². The van der Waals surface area contributed by atoms with E-state index in [4.69, 9.17) is 10.5 Å². The molecule has 19 heavy (non-hydrogen) atoms. The maximum Gasteiger partial charge on any atom is 0.404 e. The summed E-state index contributed by atoms with van der Waals surface area (Å²) in [5.74, 6) is 0. The molecule has 0 aromatic heterocycles. The maximum absolute atomic E-state index is 11.5. The zero-order chi connectivity index (χ0) is 14.0. The summed E-state index contributed by atoms with van der Waals surface area (Å²) in [5, 5.41) is 0. The molecule has 2 N–H and O–H groups in total. The predicted molar refractivity (Wildman–Crippen MR) is 70.8 cm³/mol. The van der Waals surface area contributed by atoms with Crippen molar-refractivity contribution < 1.29 is 17.9 Å². The van der Waals surface area contributed by atoms with Crippen molar-refractivity contribution in [3.05, 3.63) is 24.3 Å². The van der Waals surface area contributed by atoms with Gasteiger partial charge in [0.2, 0.25) is 0 Å². The van der Waals surface area contributed by atoms with E-state index in [0.717, 1.165) is 5.69 Å². The van der Waals surface area contributed by atoms with Crippen molar-refractivity contribution in [3.8, 4) is 0 Å². The molecule has 7 heteroatoms. The van der Waals surface area contributed by atoms with Gasteiger partial charge in [0.25, 0.3) is 0 Å². The quantitative estimate of drug-likeness (QED) is 0.885. The number of ether oxygens (including phenoxy) is 1. The first kappa shape index (κ1) is 13.7. The first-order valence-corrected chi connectivity index (χ1v) is 7.76. The smallest absolute Gasteiger partial charge is 0.404 e. The Morgan fingerprint density at radius 1 is 1.47 bits per heavy atom. The Labute approximate surface area is 112 Å². The fourth-order valence-corrected chi connectivity index (χ4v) is 2.79. The molecule has 1 heterocycles. The Hall–Kier alpha value is -1.76. The molecule has 0 radical (unpaired) electrons. The van der Waals surface area contributed by atoms with Crippen LogP contribution >= 0.6 is 0 Å². The van der Waals surface area contributed by atoms with Gasteiger partial charge in [0.1, 0.15) is 6.10 Å². The lowest BCUT2D eigenvalue weighted by Gasteiger charge is -2.19. The predicted octanol–water partition coefficient (Wildman–Crippen LogP) is 0.764. The summed E-state index contributed by atoms with van der Waals surface area (Å²) in [4.78, 5) is 12.9. The molecule has 104 valence electrons. The molecule has 1 aromatic carbocycles. The van der Waals surface area contributed by atoms with Gasteiger partial charge >= 0.3 is 6.09 Å². The minimum absolute atomic E-state index is 0.237. The van der Waals surface area contributed by atoms with Crippen molar-refractivity contribution in [2.24, 2.45) is 5.73 Å². The van der Waals surface area contributed by atoms with E-state index in [-0.39, 0.29) is 11.0 Å². The van der Waals surface area contributed by atoms with Gasteiger partial charge < -0.3 is 15.4 Å². The highest BCUT2D eigenvalue weighted by Crippen LogP contribution is 2.24. The largest absolute Gasteiger partial charge is 0.444 e. The van der Waals surface area contributed by atoms with Gasteiger partial charge in [-0.05, 0) is 18.2 Å². The Balaban J connectivity index is 2.14. The fourth-order valence-electron chi connectivity index (χ4n) is 2.13. The number of rotatable bonds is 3. The van der Waals surface area contributed by atoms with Crippen molar-refractivity contribution in [3.63, 3.8) is 0 Å². The van der Waals surface area contributed by atoms with Crippen LogP contribution in [0, 0.1) is 0 Å². The molecule has 0 aliphatic carbocycles. The molecule has 1 aliphatic heterocycles. The molecule has 1 unspecified atom stereocenters. The Morgan fingerprint density at radius 3 is 2.84 bits per heavy atom. The number of benzene rings is 1. The van der Waals surface area contributed by atoms with E-state index in [1.54, 1.807) is 18.2 Å². The highest BCUT2D eigenvalue weighted by atomic mass is 32.2. The van der Waals surface area contributed by atoms with Gasteiger partial charge in [0.05, 0.1) is 11.4 Å². The number of sulfone groups is 1. The number of amides is 1. The molecule has 6 nitrogen and oxygen atoms in total. The highest BCUT2D eigenvalue weighted by Gasteiger charge is 2.25. The minimum Gasteiger partial charge on any atom is -0.444 e. The van der Waals surface area contributed by atoms with Gasteiger partial charge in [-0.15, -0.1) is 0 Å². The standard InChI is InChI=1S/C12H16N2O4S/c1-19(16,17)11-4-2-3-9(7-11)14-6-5-10(8-14)18-12(13)15/h2-4,7,10H,5-6,8H2,1H3,(H2,13,15). The summed E-state index contributed by atoms with van der Waals surface area (Å²) in [5.41, 5.74) is 5.78. The van der Waals surface area contributed by atoms with Crippen LogP contribution in [0.15, 0.2) is 29.2 Å². The monoisotopic (exact) mass is 284 g/mol. The topological polar surface area (TPSA) is 89.7 Å². The molecule has 1 amide bonds. The summed E-state index contributed by atoms with van der Waals surface area (Å²) >= 11 is 0. The number of primary amides is 1. The van der Waals surface area contributed by atoms with E-state index in [1.807, 2.05) is 11.0 Å². The molecule has 0 saturated carbocycles.